The number of fused-ring (bicyclic) bond motifs is 1. The van der Waals surface area contributed by atoms with Crippen LogP contribution in [-0.2, 0) is 0 Å². The molecule has 0 unspecified atom stereocenters. The Balaban J connectivity index is 1.66. The molecule has 1 aliphatic heterocycles. The maximum Gasteiger partial charge on any atom is 0.270 e. The van der Waals surface area contributed by atoms with E-state index in [2.05, 4.69) is 15.0 Å². The topological polar surface area (TPSA) is 68.2 Å². The van der Waals surface area contributed by atoms with Gasteiger partial charge in [-0.1, -0.05) is 0 Å². The molecule has 0 bridgehead atoms. The van der Waals surface area contributed by atoms with E-state index in [1.807, 2.05) is 0 Å². The predicted octanol–water partition coefficient (Wildman–Crippen LogP) is 2.78. The summed E-state index contributed by atoms with van der Waals surface area (Å²) >= 11 is 1.20. The Morgan fingerprint density at radius 1 is 1.25 bits per heavy atom. The van der Waals surface area contributed by atoms with Crippen LogP contribution in [-0.4, -0.2) is 34.0 Å². The molecule has 0 N–H and O–H groups in total. The van der Waals surface area contributed by atoms with Crippen molar-refractivity contribution in [1.82, 2.24) is 15.0 Å². The van der Waals surface area contributed by atoms with E-state index in [-0.39, 0.29) is 5.91 Å². The second-order valence-corrected chi connectivity index (χ2v) is 6.05. The minimum Gasteiger partial charge on any atom is -0.490 e. The molecule has 0 radical (unpaired) electrons. The van der Waals surface area contributed by atoms with Crippen LogP contribution in [0.2, 0.25) is 0 Å². The molecule has 3 heterocycles. The second kappa shape index (κ2) is 5.97. The van der Waals surface area contributed by atoms with Gasteiger partial charge in [0.15, 0.2) is 10.8 Å². The van der Waals surface area contributed by atoms with E-state index in [4.69, 9.17) is 4.74 Å². The Bertz CT molecular complexity index is 900. The molecule has 8 heteroatoms. The first-order valence-electron chi connectivity index (χ1n) is 7.20. The average molecular weight is 342 g/mol. The van der Waals surface area contributed by atoms with E-state index < -0.39 is 5.82 Å². The van der Waals surface area contributed by atoms with Crippen LogP contribution < -0.4 is 9.64 Å². The van der Waals surface area contributed by atoms with Crippen molar-refractivity contribution in [1.29, 1.82) is 0 Å². The van der Waals surface area contributed by atoms with Crippen LogP contribution in [0.5, 0.6) is 5.75 Å². The van der Waals surface area contributed by atoms with Crippen molar-refractivity contribution in [2.24, 2.45) is 0 Å². The van der Waals surface area contributed by atoms with E-state index in [9.17, 15) is 9.18 Å². The number of nitrogens with zero attached hydrogens (tertiary/aromatic N) is 4. The summed E-state index contributed by atoms with van der Waals surface area (Å²) in [5, 5.41) is 0.562. The number of rotatable bonds is 2. The molecular weight excluding hydrogens is 331 g/mol. The number of benzene rings is 1. The third-order valence-electron chi connectivity index (χ3n) is 3.50. The zero-order chi connectivity index (χ0) is 16.5. The molecule has 0 spiro atoms. The van der Waals surface area contributed by atoms with Crippen molar-refractivity contribution in [2.75, 3.05) is 18.1 Å². The number of amides is 1. The van der Waals surface area contributed by atoms with Gasteiger partial charge in [-0.3, -0.25) is 4.79 Å². The zero-order valence-corrected chi connectivity index (χ0v) is 13.2. The van der Waals surface area contributed by atoms with Crippen LogP contribution in [0.15, 0.2) is 42.9 Å². The van der Waals surface area contributed by atoms with E-state index in [0.717, 1.165) is 0 Å². The lowest BCUT2D eigenvalue weighted by Crippen LogP contribution is -2.37. The van der Waals surface area contributed by atoms with Gasteiger partial charge in [-0.25, -0.2) is 19.3 Å². The molecule has 0 aliphatic carbocycles. The molecule has 4 rings (SSSR count). The summed E-state index contributed by atoms with van der Waals surface area (Å²) < 4.78 is 19.0. The van der Waals surface area contributed by atoms with Crippen LogP contribution in [0.3, 0.4) is 0 Å². The molecule has 6 nitrogen and oxygen atoms in total. The van der Waals surface area contributed by atoms with E-state index >= 15 is 0 Å². The Kier molecular flexibility index (Phi) is 3.66. The standard InChI is InChI=1S/C16H11FN4O2S/c17-10-2-3-12-11(8-10)21(6-7-23-12)16(22)13-9-20-15(24-13)14-18-4-1-5-19-14/h1-5,8-9H,6-7H2. The highest BCUT2D eigenvalue weighted by Crippen LogP contribution is 2.34. The minimum absolute atomic E-state index is 0.246. The number of carbonyl (C=O) groups is 1. The van der Waals surface area contributed by atoms with Crippen molar-refractivity contribution < 1.29 is 13.9 Å². The largest absolute Gasteiger partial charge is 0.490 e. The number of thiazole rings is 1. The van der Waals surface area contributed by atoms with Gasteiger partial charge < -0.3 is 9.64 Å². The first-order chi connectivity index (χ1) is 11.7. The van der Waals surface area contributed by atoms with Gasteiger partial charge in [0.2, 0.25) is 0 Å². The van der Waals surface area contributed by atoms with Crippen LogP contribution in [0.25, 0.3) is 10.8 Å². The summed E-state index contributed by atoms with van der Waals surface area (Å²) in [4.78, 5) is 27.2. The number of aromatic nitrogens is 3. The minimum atomic E-state index is -0.417. The molecule has 0 saturated carbocycles. The molecule has 1 aromatic carbocycles. The maximum absolute atomic E-state index is 13.5. The summed E-state index contributed by atoms with van der Waals surface area (Å²) in [6.45, 7) is 0.711. The number of carbonyl (C=O) groups excluding carboxylic acids is 1. The van der Waals surface area contributed by atoms with Crippen LogP contribution in [0.1, 0.15) is 9.67 Å². The normalized spacial score (nSPS) is 13.3. The van der Waals surface area contributed by atoms with Gasteiger partial charge in [0, 0.05) is 18.5 Å². The maximum atomic E-state index is 13.5. The molecule has 1 amide bonds. The summed E-state index contributed by atoms with van der Waals surface area (Å²) in [6.07, 6.45) is 4.73. The lowest BCUT2D eigenvalue weighted by Gasteiger charge is -2.29. The Morgan fingerprint density at radius 2 is 2.08 bits per heavy atom. The van der Waals surface area contributed by atoms with Gasteiger partial charge in [0.25, 0.3) is 5.91 Å². The lowest BCUT2D eigenvalue weighted by atomic mass is 10.2. The van der Waals surface area contributed by atoms with E-state index in [1.54, 1.807) is 18.5 Å². The number of hydrogen-bond donors (Lipinski definition) is 0. The van der Waals surface area contributed by atoms with Crippen molar-refractivity contribution in [2.45, 2.75) is 0 Å². The Labute approximate surface area is 140 Å². The van der Waals surface area contributed by atoms with Gasteiger partial charge in [-0.2, -0.15) is 0 Å². The fourth-order valence-electron chi connectivity index (χ4n) is 2.42. The van der Waals surface area contributed by atoms with Crippen LogP contribution in [0.4, 0.5) is 10.1 Å². The SMILES string of the molecule is O=C(c1cnc(-c2ncccn2)s1)N1CCOc2ccc(F)cc21. The molecule has 1 aliphatic rings. The number of anilines is 1. The predicted molar refractivity (Wildman–Crippen MR) is 86.7 cm³/mol. The Morgan fingerprint density at radius 3 is 2.92 bits per heavy atom. The first kappa shape index (κ1) is 14.7. The third kappa shape index (κ3) is 2.61. The molecule has 3 aromatic rings. The summed E-state index contributed by atoms with van der Waals surface area (Å²) in [7, 11) is 0. The first-order valence-corrected chi connectivity index (χ1v) is 8.01. The smallest absolute Gasteiger partial charge is 0.270 e. The average Bonchev–Trinajstić information content (AvgIpc) is 3.11. The third-order valence-corrected chi connectivity index (χ3v) is 4.48. The monoisotopic (exact) mass is 342 g/mol. The highest BCUT2D eigenvalue weighted by molar-refractivity contribution is 7.16. The fraction of sp³-hybridized carbons (Fsp3) is 0.125. The molecule has 24 heavy (non-hydrogen) atoms. The second-order valence-electron chi connectivity index (χ2n) is 5.02. The Hall–Kier alpha value is -2.87. The molecule has 120 valence electrons. The van der Waals surface area contributed by atoms with Crippen LogP contribution in [0, 0.1) is 5.82 Å². The molecule has 0 atom stereocenters. The summed E-state index contributed by atoms with van der Waals surface area (Å²) in [5.41, 5.74) is 0.428. The fourth-order valence-corrected chi connectivity index (χ4v) is 3.23. The number of ether oxygens (including phenoxy) is 1. The number of hydrogen-bond acceptors (Lipinski definition) is 6. The van der Waals surface area contributed by atoms with Crippen molar-refractivity contribution >= 4 is 22.9 Å². The van der Waals surface area contributed by atoms with Crippen molar-refractivity contribution in [3.63, 3.8) is 0 Å². The summed E-state index contributed by atoms with van der Waals surface area (Å²) in [6, 6.07) is 5.85. The highest BCUT2D eigenvalue weighted by Gasteiger charge is 2.27. The molecule has 2 aromatic heterocycles. The lowest BCUT2D eigenvalue weighted by molar-refractivity contribution is 0.0980. The molecular formula is C16H11FN4O2S. The van der Waals surface area contributed by atoms with E-state index in [0.29, 0.717) is 40.3 Å². The molecule has 0 saturated heterocycles. The van der Waals surface area contributed by atoms with Gasteiger partial charge in [0.1, 0.15) is 23.1 Å². The van der Waals surface area contributed by atoms with Gasteiger partial charge in [0.05, 0.1) is 18.4 Å². The van der Waals surface area contributed by atoms with E-state index in [1.165, 1.54) is 40.6 Å². The molecule has 0 fully saturated rings. The van der Waals surface area contributed by atoms with Gasteiger partial charge in [-0.05, 0) is 18.2 Å². The van der Waals surface area contributed by atoms with Gasteiger partial charge in [-0.15, -0.1) is 11.3 Å². The van der Waals surface area contributed by atoms with Crippen molar-refractivity contribution in [3.8, 4) is 16.6 Å². The number of halogens is 1. The van der Waals surface area contributed by atoms with Crippen LogP contribution >= 0.6 is 11.3 Å². The highest BCUT2D eigenvalue weighted by atomic mass is 32.1. The van der Waals surface area contributed by atoms with Gasteiger partial charge >= 0.3 is 0 Å². The summed E-state index contributed by atoms with van der Waals surface area (Å²) in [5.74, 6) is 0.298. The zero-order valence-electron chi connectivity index (χ0n) is 12.3. The quantitative estimate of drug-likeness (QED) is 0.716. The van der Waals surface area contributed by atoms with Crippen molar-refractivity contribution in [3.05, 3.63) is 53.6 Å².